The van der Waals surface area contributed by atoms with Crippen molar-refractivity contribution in [2.45, 2.75) is 38.3 Å². The Bertz CT molecular complexity index is 216. The third-order valence-corrected chi connectivity index (χ3v) is 4.02. The largest absolute Gasteiger partial charge is 0.396 e. The van der Waals surface area contributed by atoms with Crippen LogP contribution in [-0.2, 0) is 0 Å². The molecule has 0 aromatic carbocycles. The van der Waals surface area contributed by atoms with Gasteiger partial charge in [-0.25, -0.2) is 0 Å². The molecule has 0 amide bonds. The van der Waals surface area contributed by atoms with Gasteiger partial charge in [-0.2, -0.15) is 13.2 Å². The van der Waals surface area contributed by atoms with E-state index in [4.69, 9.17) is 5.11 Å². The predicted octanol–water partition coefficient (Wildman–Crippen LogP) is 2.74. The van der Waals surface area contributed by atoms with Gasteiger partial charge in [-0.15, -0.1) is 0 Å². The average molecular weight is 208 g/mol. The molecule has 2 saturated carbocycles. The fraction of sp³-hybridized carbons (Fsp3) is 1.00. The fourth-order valence-corrected chi connectivity index (χ4v) is 2.82. The standard InChI is InChI=1S/C10H15F3O/c11-10(12,13)7-1-3-9(4-2-7)5-8(9)6-14/h7-8,14H,1-6H2. The van der Waals surface area contributed by atoms with E-state index in [0.29, 0.717) is 12.8 Å². The maximum Gasteiger partial charge on any atom is 0.391 e. The van der Waals surface area contributed by atoms with Gasteiger partial charge in [-0.1, -0.05) is 0 Å². The van der Waals surface area contributed by atoms with Gasteiger partial charge < -0.3 is 5.11 Å². The molecule has 0 saturated heterocycles. The molecule has 1 atom stereocenters. The molecular weight excluding hydrogens is 193 g/mol. The van der Waals surface area contributed by atoms with Gasteiger partial charge in [-0.3, -0.25) is 0 Å². The van der Waals surface area contributed by atoms with Crippen molar-refractivity contribution in [3.8, 4) is 0 Å². The highest BCUT2D eigenvalue weighted by Gasteiger charge is 2.56. The summed E-state index contributed by atoms with van der Waals surface area (Å²) in [4.78, 5) is 0. The van der Waals surface area contributed by atoms with Crippen LogP contribution in [0.2, 0.25) is 0 Å². The van der Waals surface area contributed by atoms with Crippen molar-refractivity contribution in [3.63, 3.8) is 0 Å². The van der Waals surface area contributed by atoms with Gasteiger partial charge in [0.15, 0.2) is 0 Å². The van der Waals surface area contributed by atoms with Crippen LogP contribution in [0.25, 0.3) is 0 Å². The summed E-state index contributed by atoms with van der Waals surface area (Å²) in [6.07, 6.45) is -1.23. The van der Waals surface area contributed by atoms with Crippen molar-refractivity contribution in [2.75, 3.05) is 6.61 Å². The van der Waals surface area contributed by atoms with Gasteiger partial charge in [0, 0.05) is 6.61 Å². The van der Waals surface area contributed by atoms with Crippen molar-refractivity contribution in [2.24, 2.45) is 17.3 Å². The number of hydrogen-bond donors (Lipinski definition) is 1. The van der Waals surface area contributed by atoms with E-state index in [-0.39, 0.29) is 30.8 Å². The molecule has 1 nitrogen and oxygen atoms in total. The topological polar surface area (TPSA) is 20.2 Å². The van der Waals surface area contributed by atoms with Gasteiger partial charge >= 0.3 is 6.18 Å². The second-order valence-corrected chi connectivity index (χ2v) is 4.76. The number of aliphatic hydroxyl groups is 1. The average Bonchev–Trinajstić information content (AvgIpc) is 2.78. The van der Waals surface area contributed by atoms with Gasteiger partial charge in [0.25, 0.3) is 0 Å². The smallest absolute Gasteiger partial charge is 0.391 e. The number of halogens is 3. The van der Waals surface area contributed by atoms with E-state index in [0.717, 1.165) is 6.42 Å². The molecule has 0 heterocycles. The van der Waals surface area contributed by atoms with E-state index in [1.54, 1.807) is 0 Å². The molecule has 2 aliphatic rings. The van der Waals surface area contributed by atoms with Gasteiger partial charge in [0.2, 0.25) is 0 Å². The second kappa shape index (κ2) is 3.12. The van der Waals surface area contributed by atoms with Crippen LogP contribution in [0.5, 0.6) is 0 Å². The molecular formula is C10H15F3O. The number of alkyl halides is 3. The third-order valence-electron chi connectivity index (χ3n) is 4.02. The molecule has 2 rings (SSSR count). The third kappa shape index (κ3) is 1.64. The highest BCUT2D eigenvalue weighted by Crippen LogP contribution is 2.62. The molecule has 0 aliphatic heterocycles. The number of hydrogen-bond acceptors (Lipinski definition) is 1. The quantitative estimate of drug-likeness (QED) is 0.702. The van der Waals surface area contributed by atoms with Crippen LogP contribution < -0.4 is 0 Å². The second-order valence-electron chi connectivity index (χ2n) is 4.76. The Kier molecular flexibility index (Phi) is 2.29. The molecule has 82 valence electrons. The van der Waals surface area contributed by atoms with Crippen molar-refractivity contribution in [1.29, 1.82) is 0 Å². The highest BCUT2D eigenvalue weighted by atomic mass is 19.4. The molecule has 4 heteroatoms. The predicted molar refractivity (Wildman–Crippen MR) is 45.6 cm³/mol. The molecule has 1 N–H and O–H groups in total. The van der Waals surface area contributed by atoms with E-state index in [1.165, 1.54) is 0 Å². The zero-order chi connectivity index (χ0) is 10.4. The summed E-state index contributed by atoms with van der Waals surface area (Å²) < 4.78 is 37.0. The zero-order valence-corrected chi connectivity index (χ0v) is 7.98. The van der Waals surface area contributed by atoms with E-state index in [1.807, 2.05) is 0 Å². The lowest BCUT2D eigenvalue weighted by molar-refractivity contribution is -0.185. The summed E-state index contributed by atoms with van der Waals surface area (Å²) in [5, 5.41) is 8.93. The van der Waals surface area contributed by atoms with Crippen molar-refractivity contribution >= 4 is 0 Å². The summed E-state index contributed by atoms with van der Waals surface area (Å²) in [7, 11) is 0. The van der Waals surface area contributed by atoms with Crippen LogP contribution in [0.15, 0.2) is 0 Å². The lowest BCUT2D eigenvalue weighted by atomic mass is 9.78. The summed E-state index contributed by atoms with van der Waals surface area (Å²) in [5.41, 5.74) is 0.0938. The molecule has 0 bridgehead atoms. The van der Waals surface area contributed by atoms with Crippen LogP contribution >= 0.6 is 0 Å². The lowest BCUT2D eigenvalue weighted by Gasteiger charge is -2.30. The van der Waals surface area contributed by atoms with E-state index in [9.17, 15) is 13.2 Å². The van der Waals surface area contributed by atoms with Crippen molar-refractivity contribution < 1.29 is 18.3 Å². The minimum atomic E-state index is -4.01. The Balaban J connectivity index is 1.88. The Hall–Kier alpha value is -0.250. The molecule has 2 fully saturated rings. The Morgan fingerprint density at radius 2 is 1.79 bits per heavy atom. The molecule has 0 aromatic heterocycles. The first kappa shape index (κ1) is 10.3. The molecule has 0 radical (unpaired) electrons. The van der Waals surface area contributed by atoms with E-state index in [2.05, 4.69) is 0 Å². The van der Waals surface area contributed by atoms with E-state index >= 15 is 0 Å². The van der Waals surface area contributed by atoms with Crippen LogP contribution in [0, 0.1) is 17.3 Å². The maximum atomic E-state index is 12.3. The van der Waals surface area contributed by atoms with Crippen LogP contribution in [0.1, 0.15) is 32.1 Å². The fourth-order valence-electron chi connectivity index (χ4n) is 2.82. The first-order chi connectivity index (χ1) is 6.48. The molecule has 1 unspecified atom stereocenters. The van der Waals surface area contributed by atoms with Crippen molar-refractivity contribution in [1.82, 2.24) is 0 Å². The molecule has 14 heavy (non-hydrogen) atoms. The normalized spacial score (nSPS) is 42.9. The summed E-state index contributed by atoms with van der Waals surface area (Å²) in [6.45, 7) is 0.149. The Labute approximate surface area is 81.3 Å². The van der Waals surface area contributed by atoms with Gasteiger partial charge in [0.1, 0.15) is 0 Å². The summed E-state index contributed by atoms with van der Waals surface area (Å²) >= 11 is 0. The van der Waals surface area contributed by atoms with Gasteiger partial charge in [0.05, 0.1) is 5.92 Å². The first-order valence-electron chi connectivity index (χ1n) is 5.15. The maximum absolute atomic E-state index is 12.3. The molecule has 1 spiro atoms. The first-order valence-corrected chi connectivity index (χ1v) is 5.15. The number of rotatable bonds is 1. The summed E-state index contributed by atoms with van der Waals surface area (Å²) in [5.74, 6) is -0.801. The Morgan fingerprint density at radius 1 is 1.21 bits per heavy atom. The minimum Gasteiger partial charge on any atom is -0.396 e. The monoisotopic (exact) mass is 208 g/mol. The van der Waals surface area contributed by atoms with Crippen LogP contribution in [0.3, 0.4) is 0 Å². The van der Waals surface area contributed by atoms with Gasteiger partial charge in [-0.05, 0) is 43.4 Å². The lowest BCUT2D eigenvalue weighted by Crippen LogP contribution is -2.29. The van der Waals surface area contributed by atoms with Crippen molar-refractivity contribution in [3.05, 3.63) is 0 Å². The SMILES string of the molecule is OCC1CC12CCC(C(F)(F)F)CC2. The molecule has 2 aliphatic carbocycles. The van der Waals surface area contributed by atoms with Crippen LogP contribution in [-0.4, -0.2) is 17.9 Å². The van der Waals surface area contributed by atoms with Crippen LogP contribution in [0.4, 0.5) is 13.2 Å². The molecule has 0 aromatic rings. The minimum absolute atomic E-state index is 0.0938. The Morgan fingerprint density at radius 3 is 2.14 bits per heavy atom. The highest BCUT2D eigenvalue weighted by molar-refractivity contribution is 5.04. The summed E-state index contributed by atoms with van der Waals surface area (Å²) in [6, 6.07) is 0. The zero-order valence-electron chi connectivity index (χ0n) is 7.98. The van der Waals surface area contributed by atoms with E-state index < -0.39 is 12.1 Å². The number of aliphatic hydroxyl groups excluding tert-OH is 1.